The van der Waals surface area contributed by atoms with Gasteiger partial charge in [-0.1, -0.05) is 6.07 Å². The van der Waals surface area contributed by atoms with Crippen LogP contribution in [-0.2, 0) is 10.0 Å². The summed E-state index contributed by atoms with van der Waals surface area (Å²) in [5, 5.41) is 5.11. The van der Waals surface area contributed by atoms with E-state index < -0.39 is 10.0 Å². The molecule has 0 bridgehead atoms. The van der Waals surface area contributed by atoms with Gasteiger partial charge in [0.2, 0.25) is 10.0 Å². The molecule has 2 N–H and O–H groups in total. The van der Waals surface area contributed by atoms with Crippen molar-refractivity contribution >= 4 is 10.0 Å². The third-order valence-corrected chi connectivity index (χ3v) is 3.48. The van der Waals surface area contributed by atoms with Gasteiger partial charge in [-0.25, -0.2) is 13.6 Å². The summed E-state index contributed by atoms with van der Waals surface area (Å²) >= 11 is 0. The van der Waals surface area contributed by atoms with Crippen LogP contribution in [0.25, 0.3) is 0 Å². The summed E-state index contributed by atoms with van der Waals surface area (Å²) in [6.45, 7) is 0. The van der Waals surface area contributed by atoms with E-state index in [0.717, 1.165) is 18.4 Å². The van der Waals surface area contributed by atoms with E-state index in [1.807, 2.05) is 6.07 Å². The molecule has 82 valence electrons. The van der Waals surface area contributed by atoms with Crippen molar-refractivity contribution in [2.24, 2.45) is 5.14 Å². The van der Waals surface area contributed by atoms with Crippen molar-refractivity contribution in [3.05, 3.63) is 23.8 Å². The topological polar surface area (TPSA) is 69.4 Å². The molecule has 1 aromatic carbocycles. The average molecular weight is 227 g/mol. The summed E-state index contributed by atoms with van der Waals surface area (Å²) in [7, 11) is -2.27. The van der Waals surface area contributed by atoms with Gasteiger partial charge in [-0.15, -0.1) is 0 Å². The molecule has 0 aromatic heterocycles. The number of hydrogen-bond donors (Lipinski definition) is 1. The molecule has 0 heterocycles. The maximum Gasteiger partial charge on any atom is 0.241 e. The highest BCUT2D eigenvalue weighted by Gasteiger charge is 2.26. The van der Waals surface area contributed by atoms with Gasteiger partial charge in [0.15, 0.2) is 0 Å². The van der Waals surface area contributed by atoms with E-state index in [-0.39, 0.29) is 4.90 Å². The number of sulfonamides is 1. The zero-order valence-corrected chi connectivity index (χ0v) is 9.25. The first kappa shape index (κ1) is 10.4. The lowest BCUT2D eigenvalue weighted by Crippen LogP contribution is -2.13. The van der Waals surface area contributed by atoms with E-state index in [1.165, 1.54) is 7.11 Å². The molecular weight excluding hydrogens is 214 g/mol. The van der Waals surface area contributed by atoms with Crippen molar-refractivity contribution in [1.82, 2.24) is 0 Å². The van der Waals surface area contributed by atoms with Gasteiger partial charge >= 0.3 is 0 Å². The summed E-state index contributed by atoms with van der Waals surface area (Å²) in [5.41, 5.74) is 1.03. The highest BCUT2D eigenvalue weighted by atomic mass is 32.2. The van der Waals surface area contributed by atoms with Crippen LogP contribution in [0.1, 0.15) is 24.3 Å². The molecule has 0 amide bonds. The van der Waals surface area contributed by atoms with Crippen molar-refractivity contribution in [2.75, 3.05) is 7.11 Å². The number of primary sulfonamides is 1. The molecule has 1 aromatic rings. The number of nitrogens with two attached hydrogens (primary N) is 1. The molecule has 1 aliphatic rings. The van der Waals surface area contributed by atoms with Gasteiger partial charge in [-0.3, -0.25) is 0 Å². The monoisotopic (exact) mass is 227 g/mol. The fraction of sp³-hybridized carbons (Fsp3) is 0.400. The summed E-state index contributed by atoms with van der Waals surface area (Å²) in [6.07, 6.45) is 2.24. The second kappa shape index (κ2) is 3.50. The number of rotatable bonds is 3. The Hall–Kier alpha value is -1.07. The van der Waals surface area contributed by atoms with Crippen molar-refractivity contribution in [2.45, 2.75) is 23.7 Å². The predicted octanol–water partition coefficient (Wildman–Crippen LogP) is 1.22. The molecular formula is C10H13NO3S. The SMILES string of the molecule is COc1ccc(C2CC2)cc1S(N)(=O)=O. The second-order valence-corrected chi connectivity index (χ2v) is 5.26. The van der Waals surface area contributed by atoms with E-state index in [0.29, 0.717) is 11.7 Å². The van der Waals surface area contributed by atoms with Crippen LogP contribution in [0.4, 0.5) is 0 Å². The van der Waals surface area contributed by atoms with Gasteiger partial charge < -0.3 is 4.74 Å². The Morgan fingerprint density at radius 2 is 2.07 bits per heavy atom. The van der Waals surface area contributed by atoms with Gasteiger partial charge in [0.25, 0.3) is 0 Å². The molecule has 1 saturated carbocycles. The fourth-order valence-electron chi connectivity index (χ4n) is 1.59. The molecule has 0 aliphatic heterocycles. The van der Waals surface area contributed by atoms with Crippen LogP contribution in [-0.4, -0.2) is 15.5 Å². The number of benzene rings is 1. The van der Waals surface area contributed by atoms with Crippen LogP contribution in [0.5, 0.6) is 5.75 Å². The van der Waals surface area contributed by atoms with E-state index in [2.05, 4.69) is 0 Å². The first-order valence-corrected chi connectivity index (χ1v) is 6.28. The molecule has 2 rings (SSSR count). The smallest absolute Gasteiger partial charge is 0.241 e. The largest absolute Gasteiger partial charge is 0.495 e. The molecule has 0 spiro atoms. The van der Waals surface area contributed by atoms with E-state index in [1.54, 1.807) is 12.1 Å². The second-order valence-electron chi connectivity index (χ2n) is 3.73. The van der Waals surface area contributed by atoms with Crippen LogP contribution in [0.2, 0.25) is 0 Å². The minimum Gasteiger partial charge on any atom is -0.495 e. The van der Waals surface area contributed by atoms with Gasteiger partial charge in [-0.2, -0.15) is 0 Å². The van der Waals surface area contributed by atoms with Crippen LogP contribution >= 0.6 is 0 Å². The summed E-state index contributed by atoms with van der Waals surface area (Å²) < 4.78 is 27.6. The van der Waals surface area contributed by atoms with Crippen LogP contribution in [0, 0.1) is 0 Å². The molecule has 4 nitrogen and oxygen atoms in total. The molecule has 1 aliphatic carbocycles. The fourth-order valence-corrected chi connectivity index (χ4v) is 2.32. The van der Waals surface area contributed by atoms with Gasteiger partial charge in [-0.05, 0) is 36.5 Å². The Kier molecular flexibility index (Phi) is 2.44. The zero-order valence-electron chi connectivity index (χ0n) is 8.43. The minimum absolute atomic E-state index is 0.0781. The molecule has 15 heavy (non-hydrogen) atoms. The highest BCUT2D eigenvalue weighted by Crippen LogP contribution is 2.41. The van der Waals surface area contributed by atoms with E-state index in [4.69, 9.17) is 9.88 Å². The highest BCUT2D eigenvalue weighted by molar-refractivity contribution is 7.89. The molecule has 0 saturated heterocycles. The normalized spacial score (nSPS) is 16.4. The van der Waals surface area contributed by atoms with Crippen molar-refractivity contribution in [3.8, 4) is 5.75 Å². The lowest BCUT2D eigenvalue weighted by atomic mass is 10.1. The predicted molar refractivity (Wildman–Crippen MR) is 56.3 cm³/mol. The lowest BCUT2D eigenvalue weighted by Gasteiger charge is -2.08. The van der Waals surface area contributed by atoms with Crippen LogP contribution in [0.15, 0.2) is 23.1 Å². The Balaban J connectivity index is 2.52. The van der Waals surface area contributed by atoms with Gasteiger partial charge in [0.05, 0.1) is 7.11 Å². The van der Waals surface area contributed by atoms with Crippen molar-refractivity contribution in [1.29, 1.82) is 0 Å². The third kappa shape index (κ3) is 2.13. The maximum absolute atomic E-state index is 11.3. The molecule has 5 heteroatoms. The van der Waals surface area contributed by atoms with Crippen LogP contribution < -0.4 is 9.88 Å². The lowest BCUT2D eigenvalue weighted by molar-refractivity contribution is 0.402. The Labute approximate surface area is 89.1 Å². The van der Waals surface area contributed by atoms with Crippen molar-refractivity contribution < 1.29 is 13.2 Å². The Morgan fingerprint density at radius 3 is 2.53 bits per heavy atom. The first-order valence-electron chi connectivity index (χ1n) is 4.73. The average Bonchev–Trinajstić information content (AvgIpc) is 2.98. The van der Waals surface area contributed by atoms with Crippen LogP contribution in [0.3, 0.4) is 0 Å². The van der Waals surface area contributed by atoms with Gasteiger partial charge in [0.1, 0.15) is 10.6 Å². The Bertz CT molecular complexity index is 477. The molecule has 0 atom stereocenters. The van der Waals surface area contributed by atoms with Gasteiger partial charge in [0, 0.05) is 0 Å². The van der Waals surface area contributed by atoms with E-state index in [9.17, 15) is 8.42 Å². The molecule has 0 radical (unpaired) electrons. The minimum atomic E-state index is -3.70. The Morgan fingerprint density at radius 1 is 1.40 bits per heavy atom. The quantitative estimate of drug-likeness (QED) is 0.844. The standard InChI is InChI=1S/C10H13NO3S/c1-14-9-5-4-8(7-2-3-7)6-10(9)15(11,12)13/h4-7H,2-3H2,1H3,(H2,11,12,13). The summed E-state index contributed by atoms with van der Waals surface area (Å²) in [5.74, 6) is 0.804. The maximum atomic E-state index is 11.3. The zero-order chi connectivity index (χ0) is 11.1. The van der Waals surface area contributed by atoms with Crippen molar-refractivity contribution in [3.63, 3.8) is 0 Å². The van der Waals surface area contributed by atoms with E-state index >= 15 is 0 Å². The first-order chi connectivity index (χ1) is 7.02. The summed E-state index contributed by atoms with van der Waals surface area (Å²) in [6, 6.07) is 5.17. The molecule has 0 unspecified atom stereocenters. The number of hydrogen-bond acceptors (Lipinski definition) is 3. The summed E-state index contributed by atoms with van der Waals surface area (Å²) in [4.78, 5) is 0.0781. The number of methoxy groups -OCH3 is 1. The third-order valence-electron chi connectivity index (χ3n) is 2.54. The molecule has 1 fully saturated rings. The number of ether oxygens (including phenoxy) is 1.